The number of nitrogens with zero attached hydrogens (tertiary/aromatic N) is 2. The van der Waals surface area contributed by atoms with E-state index < -0.39 is 0 Å². The molecule has 20 heavy (non-hydrogen) atoms. The Labute approximate surface area is 124 Å². The van der Waals surface area contributed by atoms with Crippen molar-refractivity contribution in [3.63, 3.8) is 0 Å². The first-order valence-electron chi connectivity index (χ1n) is 7.24. The molecule has 2 N–H and O–H groups in total. The van der Waals surface area contributed by atoms with Crippen molar-refractivity contribution in [3.8, 4) is 10.6 Å². The number of thiazole rings is 1. The summed E-state index contributed by atoms with van der Waals surface area (Å²) >= 11 is 1.85. The third-order valence-electron chi connectivity index (χ3n) is 3.75. The van der Waals surface area contributed by atoms with E-state index in [1.54, 1.807) is 0 Å². The maximum Gasteiger partial charge on any atom is 0.123 e. The predicted octanol–water partition coefficient (Wildman–Crippen LogP) is 2.83. The molecule has 1 aliphatic heterocycles. The average molecular weight is 287 g/mol. The van der Waals surface area contributed by atoms with E-state index in [0.717, 1.165) is 39.0 Å². The van der Waals surface area contributed by atoms with Crippen molar-refractivity contribution in [1.29, 1.82) is 0 Å². The van der Waals surface area contributed by atoms with E-state index >= 15 is 0 Å². The minimum Gasteiger partial charge on any atom is -0.330 e. The van der Waals surface area contributed by atoms with E-state index in [9.17, 15) is 0 Å². The summed E-state index contributed by atoms with van der Waals surface area (Å²) in [6.45, 7) is 6.17. The van der Waals surface area contributed by atoms with E-state index in [0.29, 0.717) is 0 Å². The quantitative estimate of drug-likeness (QED) is 0.940. The van der Waals surface area contributed by atoms with Crippen LogP contribution < -0.4 is 5.73 Å². The molecule has 0 amide bonds. The number of hydrogen-bond acceptors (Lipinski definition) is 4. The van der Waals surface area contributed by atoms with Crippen LogP contribution in [0.4, 0.5) is 0 Å². The smallest absolute Gasteiger partial charge is 0.123 e. The number of aromatic nitrogens is 1. The van der Waals surface area contributed by atoms with Crippen LogP contribution in [0.1, 0.15) is 22.6 Å². The van der Waals surface area contributed by atoms with Crippen molar-refractivity contribution in [2.75, 3.05) is 19.6 Å². The lowest BCUT2D eigenvalue weighted by molar-refractivity contribution is 0.254. The normalized spacial score (nSPS) is 15.3. The summed E-state index contributed by atoms with van der Waals surface area (Å²) in [5, 5.41) is 1.17. The Morgan fingerprint density at radius 1 is 1.40 bits per heavy atom. The van der Waals surface area contributed by atoms with Gasteiger partial charge >= 0.3 is 0 Å². The van der Waals surface area contributed by atoms with Crippen molar-refractivity contribution in [3.05, 3.63) is 40.4 Å². The minimum atomic E-state index is 0.778. The highest BCUT2D eigenvalue weighted by Gasteiger charge is 2.20. The van der Waals surface area contributed by atoms with Gasteiger partial charge in [0.2, 0.25) is 0 Å². The van der Waals surface area contributed by atoms with Crippen LogP contribution in [-0.4, -0.2) is 29.5 Å². The molecule has 106 valence electrons. The highest BCUT2D eigenvalue weighted by molar-refractivity contribution is 7.15. The zero-order valence-corrected chi connectivity index (χ0v) is 12.7. The van der Waals surface area contributed by atoms with Gasteiger partial charge in [-0.15, -0.1) is 11.3 Å². The molecular weight excluding hydrogens is 266 g/mol. The molecular formula is C16H21N3S. The van der Waals surface area contributed by atoms with Crippen molar-refractivity contribution in [2.24, 2.45) is 5.73 Å². The van der Waals surface area contributed by atoms with Crippen LogP contribution in [0.3, 0.4) is 0 Å². The number of benzene rings is 1. The van der Waals surface area contributed by atoms with Gasteiger partial charge in [-0.2, -0.15) is 0 Å². The maximum atomic E-state index is 5.60. The van der Waals surface area contributed by atoms with Gasteiger partial charge in [0.05, 0.1) is 5.69 Å². The highest BCUT2D eigenvalue weighted by Crippen LogP contribution is 2.31. The van der Waals surface area contributed by atoms with Crippen LogP contribution in [0.5, 0.6) is 0 Å². The average Bonchev–Trinajstić information content (AvgIpc) is 2.88. The molecule has 0 saturated heterocycles. The molecule has 1 aromatic heterocycles. The van der Waals surface area contributed by atoms with Gasteiger partial charge in [0.1, 0.15) is 5.01 Å². The molecule has 0 atom stereocenters. The summed E-state index contributed by atoms with van der Waals surface area (Å²) in [7, 11) is 0. The van der Waals surface area contributed by atoms with Gasteiger partial charge in [-0.1, -0.05) is 23.8 Å². The van der Waals surface area contributed by atoms with E-state index in [2.05, 4.69) is 36.1 Å². The van der Waals surface area contributed by atoms with E-state index in [4.69, 9.17) is 10.7 Å². The van der Waals surface area contributed by atoms with Crippen LogP contribution in [0.25, 0.3) is 10.6 Å². The number of rotatable bonds is 4. The predicted molar refractivity (Wildman–Crippen MR) is 84.9 cm³/mol. The van der Waals surface area contributed by atoms with Gasteiger partial charge in [-0.25, -0.2) is 4.98 Å². The van der Waals surface area contributed by atoms with Gasteiger partial charge in [-0.05, 0) is 32.5 Å². The van der Waals surface area contributed by atoms with E-state index in [-0.39, 0.29) is 0 Å². The van der Waals surface area contributed by atoms with Gasteiger partial charge in [-0.3, -0.25) is 4.90 Å². The molecule has 1 aromatic carbocycles. The van der Waals surface area contributed by atoms with Crippen molar-refractivity contribution < 1.29 is 0 Å². The second-order valence-corrected chi connectivity index (χ2v) is 6.51. The lowest BCUT2D eigenvalue weighted by Gasteiger charge is -2.25. The molecule has 3 nitrogen and oxygen atoms in total. The largest absolute Gasteiger partial charge is 0.330 e. The molecule has 3 rings (SSSR count). The van der Waals surface area contributed by atoms with Crippen molar-refractivity contribution in [1.82, 2.24) is 9.88 Å². The van der Waals surface area contributed by atoms with Crippen LogP contribution in [-0.2, 0) is 13.0 Å². The fourth-order valence-corrected chi connectivity index (χ4v) is 3.80. The number of hydrogen-bond donors (Lipinski definition) is 1. The first-order chi connectivity index (χ1) is 9.76. The SMILES string of the molecule is Cc1cccc(-c2nc3c(s2)CN(CCCN)CC3)c1. The first-order valence-corrected chi connectivity index (χ1v) is 8.06. The van der Waals surface area contributed by atoms with Crippen molar-refractivity contribution >= 4 is 11.3 Å². The summed E-state index contributed by atoms with van der Waals surface area (Å²) in [4.78, 5) is 8.77. The second kappa shape index (κ2) is 6.04. The fourth-order valence-electron chi connectivity index (χ4n) is 2.66. The molecule has 4 heteroatoms. The summed E-state index contributed by atoms with van der Waals surface area (Å²) < 4.78 is 0. The third kappa shape index (κ3) is 2.92. The Kier molecular flexibility index (Phi) is 4.15. The minimum absolute atomic E-state index is 0.778. The number of aryl methyl sites for hydroxylation is 1. The third-order valence-corrected chi connectivity index (χ3v) is 4.89. The van der Waals surface area contributed by atoms with Gasteiger partial charge < -0.3 is 5.73 Å². The van der Waals surface area contributed by atoms with Crippen LogP contribution in [0.15, 0.2) is 24.3 Å². The Morgan fingerprint density at radius 2 is 2.30 bits per heavy atom. The standard InChI is InChI=1S/C16H21N3S/c1-12-4-2-5-13(10-12)16-18-14-6-9-19(8-3-7-17)11-15(14)20-16/h2,4-5,10H,3,6-9,11,17H2,1H3. The Hall–Kier alpha value is -1.23. The van der Waals surface area contributed by atoms with Crippen LogP contribution in [0, 0.1) is 6.92 Å². The first kappa shape index (κ1) is 13.7. The summed E-state index contributed by atoms with van der Waals surface area (Å²) in [6.07, 6.45) is 2.15. The second-order valence-electron chi connectivity index (χ2n) is 5.43. The topological polar surface area (TPSA) is 42.2 Å². The van der Waals surface area contributed by atoms with Gasteiger partial charge in [0.15, 0.2) is 0 Å². The Bertz CT molecular complexity index is 591. The molecule has 2 heterocycles. The Balaban J connectivity index is 1.80. The van der Waals surface area contributed by atoms with Crippen LogP contribution in [0.2, 0.25) is 0 Å². The molecule has 0 fully saturated rings. The molecule has 1 aliphatic rings. The summed E-state index contributed by atoms with van der Waals surface area (Å²) in [5.74, 6) is 0. The monoisotopic (exact) mass is 287 g/mol. The number of nitrogens with two attached hydrogens (primary N) is 1. The molecule has 0 spiro atoms. The van der Waals surface area contributed by atoms with Crippen LogP contribution >= 0.6 is 11.3 Å². The van der Waals surface area contributed by atoms with E-state index in [1.807, 2.05) is 11.3 Å². The highest BCUT2D eigenvalue weighted by atomic mass is 32.1. The molecule has 0 radical (unpaired) electrons. The summed E-state index contributed by atoms with van der Waals surface area (Å²) in [5.41, 5.74) is 9.44. The maximum absolute atomic E-state index is 5.60. The lowest BCUT2D eigenvalue weighted by atomic mass is 10.1. The van der Waals surface area contributed by atoms with Crippen molar-refractivity contribution in [2.45, 2.75) is 26.3 Å². The lowest BCUT2D eigenvalue weighted by Crippen LogP contribution is -2.31. The van der Waals surface area contributed by atoms with E-state index in [1.165, 1.54) is 26.7 Å². The fraction of sp³-hybridized carbons (Fsp3) is 0.438. The molecule has 0 aliphatic carbocycles. The number of fused-ring (bicyclic) bond motifs is 1. The Morgan fingerprint density at radius 3 is 3.10 bits per heavy atom. The molecule has 0 bridgehead atoms. The van der Waals surface area contributed by atoms with Gasteiger partial charge in [0, 0.05) is 30.0 Å². The zero-order chi connectivity index (χ0) is 13.9. The molecule has 0 unspecified atom stereocenters. The zero-order valence-electron chi connectivity index (χ0n) is 11.9. The molecule has 0 saturated carbocycles. The van der Waals surface area contributed by atoms with Gasteiger partial charge in [0.25, 0.3) is 0 Å². The summed E-state index contributed by atoms with van der Waals surface area (Å²) in [6, 6.07) is 8.62. The molecule has 2 aromatic rings.